The highest BCUT2D eigenvalue weighted by Gasteiger charge is 2.14. The van der Waals surface area contributed by atoms with Gasteiger partial charge in [-0.25, -0.2) is 8.78 Å². The number of carbonyl (C=O) groups is 1. The average Bonchev–Trinajstić information content (AvgIpc) is 2.49. The number of aryl methyl sites for hydroxylation is 1. The number of nitrogens with two attached hydrogens (primary N) is 1. The van der Waals surface area contributed by atoms with Gasteiger partial charge in [0.25, 0.3) is 0 Å². The Morgan fingerprint density at radius 2 is 1.79 bits per heavy atom. The SMILES string of the molecule is Cc1cc(C(N)=O)ccc1-c1cc(F)c(C[CH]CC(C)C)c(F)c1. The second-order valence-electron chi connectivity index (χ2n) is 6.43. The Morgan fingerprint density at radius 3 is 2.29 bits per heavy atom. The minimum atomic E-state index is -0.552. The number of benzene rings is 2. The molecule has 0 fully saturated rings. The molecule has 1 radical (unpaired) electrons. The summed E-state index contributed by atoms with van der Waals surface area (Å²) in [7, 11) is 0. The molecule has 127 valence electrons. The Labute approximate surface area is 141 Å². The van der Waals surface area contributed by atoms with Gasteiger partial charge in [-0.05, 0) is 73.1 Å². The monoisotopic (exact) mass is 330 g/mol. The van der Waals surface area contributed by atoms with Crippen molar-refractivity contribution in [3.63, 3.8) is 0 Å². The molecule has 2 rings (SSSR count). The van der Waals surface area contributed by atoms with Crippen molar-refractivity contribution in [2.75, 3.05) is 0 Å². The third-order valence-electron chi connectivity index (χ3n) is 3.95. The van der Waals surface area contributed by atoms with Gasteiger partial charge in [0.1, 0.15) is 11.6 Å². The maximum atomic E-state index is 14.3. The molecule has 0 heterocycles. The van der Waals surface area contributed by atoms with Crippen LogP contribution in [0.3, 0.4) is 0 Å². The largest absolute Gasteiger partial charge is 0.366 e. The van der Waals surface area contributed by atoms with Crippen LogP contribution in [0.15, 0.2) is 30.3 Å². The van der Waals surface area contributed by atoms with E-state index in [2.05, 4.69) is 13.8 Å². The molecule has 24 heavy (non-hydrogen) atoms. The summed E-state index contributed by atoms with van der Waals surface area (Å²) in [6.07, 6.45) is 2.99. The van der Waals surface area contributed by atoms with Crippen LogP contribution in [0.2, 0.25) is 0 Å². The number of hydrogen-bond donors (Lipinski definition) is 1. The van der Waals surface area contributed by atoms with Gasteiger partial charge in [-0.1, -0.05) is 19.9 Å². The van der Waals surface area contributed by atoms with Crippen LogP contribution in [0.5, 0.6) is 0 Å². The summed E-state index contributed by atoms with van der Waals surface area (Å²) >= 11 is 0. The first-order valence-electron chi connectivity index (χ1n) is 8.00. The van der Waals surface area contributed by atoms with Gasteiger partial charge >= 0.3 is 0 Å². The van der Waals surface area contributed by atoms with E-state index in [-0.39, 0.29) is 12.0 Å². The van der Waals surface area contributed by atoms with Crippen LogP contribution in [0, 0.1) is 30.9 Å². The molecule has 2 aromatic rings. The van der Waals surface area contributed by atoms with Crippen molar-refractivity contribution in [3.8, 4) is 11.1 Å². The fourth-order valence-electron chi connectivity index (χ4n) is 2.66. The topological polar surface area (TPSA) is 43.1 Å². The highest BCUT2D eigenvalue weighted by Crippen LogP contribution is 2.28. The van der Waals surface area contributed by atoms with Gasteiger partial charge in [0.15, 0.2) is 0 Å². The Hall–Kier alpha value is -2.23. The molecule has 0 saturated carbocycles. The van der Waals surface area contributed by atoms with Crippen LogP contribution in [-0.2, 0) is 6.42 Å². The minimum Gasteiger partial charge on any atom is -0.366 e. The van der Waals surface area contributed by atoms with Crippen LogP contribution in [0.25, 0.3) is 11.1 Å². The van der Waals surface area contributed by atoms with Gasteiger partial charge in [0.05, 0.1) is 0 Å². The van der Waals surface area contributed by atoms with E-state index in [1.807, 2.05) is 6.42 Å². The van der Waals surface area contributed by atoms with E-state index in [9.17, 15) is 13.6 Å². The van der Waals surface area contributed by atoms with Crippen LogP contribution < -0.4 is 5.73 Å². The maximum Gasteiger partial charge on any atom is 0.248 e. The molecular weight excluding hydrogens is 308 g/mol. The second kappa shape index (κ2) is 7.56. The normalized spacial score (nSPS) is 11.1. The van der Waals surface area contributed by atoms with Crippen molar-refractivity contribution < 1.29 is 13.6 Å². The number of carbonyl (C=O) groups excluding carboxylic acids is 1. The minimum absolute atomic E-state index is 0.0887. The number of halogens is 2. The zero-order valence-corrected chi connectivity index (χ0v) is 14.2. The molecule has 1 amide bonds. The van der Waals surface area contributed by atoms with Gasteiger partial charge in [-0.3, -0.25) is 4.79 Å². The lowest BCUT2D eigenvalue weighted by Crippen LogP contribution is -2.11. The van der Waals surface area contributed by atoms with Crippen molar-refractivity contribution in [2.24, 2.45) is 11.7 Å². The molecule has 0 aliphatic rings. The fourth-order valence-corrected chi connectivity index (χ4v) is 2.66. The molecule has 0 aromatic heterocycles. The van der Waals surface area contributed by atoms with Crippen LogP contribution in [-0.4, -0.2) is 5.91 Å². The third kappa shape index (κ3) is 4.19. The Bertz CT molecular complexity index is 730. The molecule has 0 spiro atoms. The summed E-state index contributed by atoms with van der Waals surface area (Å²) in [6, 6.07) is 7.53. The van der Waals surface area contributed by atoms with Gasteiger partial charge in [-0.15, -0.1) is 0 Å². The number of hydrogen-bond acceptors (Lipinski definition) is 1. The lowest BCUT2D eigenvalue weighted by molar-refractivity contribution is 0.1000. The maximum absolute atomic E-state index is 14.3. The highest BCUT2D eigenvalue weighted by molar-refractivity contribution is 5.93. The fraction of sp³-hybridized carbons (Fsp3) is 0.300. The summed E-state index contributed by atoms with van der Waals surface area (Å²) in [5.74, 6) is -1.17. The summed E-state index contributed by atoms with van der Waals surface area (Å²) < 4.78 is 28.7. The Balaban J connectivity index is 2.31. The van der Waals surface area contributed by atoms with Crippen molar-refractivity contribution in [3.05, 3.63) is 65.1 Å². The molecule has 0 unspecified atom stereocenters. The average molecular weight is 330 g/mol. The molecule has 2 aromatic carbocycles. The second-order valence-corrected chi connectivity index (χ2v) is 6.43. The first-order chi connectivity index (χ1) is 11.3. The van der Waals surface area contributed by atoms with E-state index in [0.29, 0.717) is 22.6 Å². The van der Waals surface area contributed by atoms with Crippen molar-refractivity contribution >= 4 is 5.91 Å². The first-order valence-corrected chi connectivity index (χ1v) is 8.00. The molecule has 2 nitrogen and oxygen atoms in total. The molecule has 0 aliphatic heterocycles. The van der Waals surface area contributed by atoms with Crippen LogP contribution >= 0.6 is 0 Å². The first kappa shape index (κ1) is 18.1. The van der Waals surface area contributed by atoms with E-state index in [4.69, 9.17) is 5.73 Å². The zero-order valence-electron chi connectivity index (χ0n) is 14.2. The Morgan fingerprint density at radius 1 is 1.17 bits per heavy atom. The zero-order chi connectivity index (χ0) is 17.9. The predicted molar refractivity (Wildman–Crippen MR) is 92.5 cm³/mol. The highest BCUT2D eigenvalue weighted by atomic mass is 19.1. The lowest BCUT2D eigenvalue weighted by Gasteiger charge is -2.11. The van der Waals surface area contributed by atoms with Crippen molar-refractivity contribution in [2.45, 2.75) is 33.6 Å². The summed E-state index contributed by atoms with van der Waals surface area (Å²) in [5, 5.41) is 0. The van der Waals surface area contributed by atoms with Crippen LogP contribution in [0.4, 0.5) is 8.78 Å². The van der Waals surface area contributed by atoms with E-state index in [1.165, 1.54) is 12.1 Å². The van der Waals surface area contributed by atoms with Gasteiger partial charge in [0, 0.05) is 11.1 Å². The standard InChI is InChI=1S/C20H22F2NO/c1-12(2)5-4-6-17-18(21)10-15(11-19(17)22)16-8-7-14(20(23)24)9-13(16)3/h4,7-12H,5-6H2,1-3H3,(H2,23,24). The van der Waals surface area contributed by atoms with Crippen LogP contribution in [0.1, 0.15) is 41.8 Å². The van der Waals surface area contributed by atoms with Crippen molar-refractivity contribution in [1.82, 2.24) is 0 Å². The van der Waals surface area contributed by atoms with Gasteiger partial charge in [0.2, 0.25) is 5.91 Å². The van der Waals surface area contributed by atoms with Gasteiger partial charge < -0.3 is 5.73 Å². The summed E-state index contributed by atoms with van der Waals surface area (Å²) in [5.41, 5.74) is 7.57. The number of amides is 1. The van der Waals surface area contributed by atoms with E-state index in [1.54, 1.807) is 25.1 Å². The molecular formula is C20H22F2NO. The molecule has 0 aliphatic carbocycles. The quantitative estimate of drug-likeness (QED) is 0.810. The van der Waals surface area contributed by atoms with E-state index < -0.39 is 17.5 Å². The van der Waals surface area contributed by atoms with E-state index >= 15 is 0 Å². The number of primary amides is 1. The smallest absolute Gasteiger partial charge is 0.248 e. The molecule has 0 saturated heterocycles. The summed E-state index contributed by atoms with van der Waals surface area (Å²) in [4.78, 5) is 11.2. The molecule has 0 atom stereocenters. The van der Waals surface area contributed by atoms with Crippen molar-refractivity contribution in [1.29, 1.82) is 0 Å². The third-order valence-corrected chi connectivity index (χ3v) is 3.95. The Kier molecular flexibility index (Phi) is 5.71. The summed E-state index contributed by atoms with van der Waals surface area (Å²) in [6.45, 7) is 5.90. The number of rotatable bonds is 6. The molecule has 2 N–H and O–H groups in total. The van der Waals surface area contributed by atoms with Gasteiger partial charge in [-0.2, -0.15) is 0 Å². The molecule has 4 heteroatoms. The predicted octanol–water partition coefficient (Wildman–Crippen LogP) is 4.83. The molecule has 0 bridgehead atoms. The lowest BCUT2D eigenvalue weighted by atomic mass is 9.95. The van der Waals surface area contributed by atoms with E-state index in [0.717, 1.165) is 12.0 Å².